The minimum Gasteiger partial charge on any atom is -0.444 e. The molecule has 1 aromatic heterocycles. The molecule has 7 heteroatoms. The maximum atomic E-state index is 12.7. The van der Waals surface area contributed by atoms with E-state index >= 15 is 0 Å². The summed E-state index contributed by atoms with van der Waals surface area (Å²) in [6, 6.07) is 9.29. The Morgan fingerprint density at radius 2 is 1.76 bits per heavy atom. The van der Waals surface area contributed by atoms with E-state index in [2.05, 4.69) is 58.8 Å². The number of carbonyl (C=O) groups excluding carboxylic acids is 1. The highest BCUT2D eigenvalue weighted by Crippen LogP contribution is 2.41. The summed E-state index contributed by atoms with van der Waals surface area (Å²) in [5.74, 6) is 0. The molecule has 1 aromatic carbocycles. The number of hydrogen-bond donors (Lipinski definition) is 0. The number of hydrogen-bond acceptors (Lipinski definition) is 5. The normalized spacial score (nSPS) is 20.4. The molecule has 1 spiro atoms. The molecule has 3 saturated heterocycles. The van der Waals surface area contributed by atoms with E-state index in [1.54, 1.807) is 0 Å². The van der Waals surface area contributed by atoms with Crippen LogP contribution < -0.4 is 4.90 Å². The van der Waals surface area contributed by atoms with Crippen LogP contribution in [0.25, 0.3) is 11.3 Å². The molecule has 1 amide bonds. The number of piperidine rings is 1. The molecule has 2 aromatic rings. The third kappa shape index (κ3) is 5.66. The highest BCUT2D eigenvalue weighted by Gasteiger charge is 2.44. The zero-order valence-electron chi connectivity index (χ0n) is 23.5. The third-order valence-corrected chi connectivity index (χ3v) is 8.38. The van der Waals surface area contributed by atoms with Crippen LogP contribution in [-0.4, -0.2) is 69.5 Å². The number of anilines is 1. The zero-order chi connectivity index (χ0) is 26.2. The van der Waals surface area contributed by atoms with Crippen LogP contribution in [0.15, 0.2) is 30.5 Å². The Morgan fingerprint density at radius 3 is 2.43 bits per heavy atom. The van der Waals surface area contributed by atoms with Gasteiger partial charge in [0.1, 0.15) is 5.60 Å². The van der Waals surface area contributed by atoms with E-state index in [0.29, 0.717) is 6.04 Å². The Hall–Kier alpha value is -2.54. The van der Waals surface area contributed by atoms with Crippen LogP contribution >= 0.6 is 0 Å². The van der Waals surface area contributed by atoms with Gasteiger partial charge in [-0.15, -0.1) is 0 Å². The van der Waals surface area contributed by atoms with Crippen molar-refractivity contribution in [3.63, 3.8) is 0 Å². The summed E-state index contributed by atoms with van der Waals surface area (Å²) in [7, 11) is 0. The third-order valence-electron chi connectivity index (χ3n) is 8.38. The first-order chi connectivity index (χ1) is 17.6. The number of aromatic nitrogens is 2. The molecule has 7 nitrogen and oxygen atoms in total. The van der Waals surface area contributed by atoms with Crippen molar-refractivity contribution in [1.82, 2.24) is 19.6 Å². The Labute approximate surface area is 222 Å². The van der Waals surface area contributed by atoms with Crippen LogP contribution in [0.4, 0.5) is 10.5 Å². The smallest absolute Gasteiger partial charge is 0.410 e. The molecule has 3 fully saturated rings. The van der Waals surface area contributed by atoms with Crippen LogP contribution in [0.1, 0.15) is 84.7 Å². The maximum Gasteiger partial charge on any atom is 0.410 e. The highest BCUT2D eigenvalue weighted by molar-refractivity contribution is 5.69. The van der Waals surface area contributed by atoms with Crippen molar-refractivity contribution in [2.75, 3.05) is 37.6 Å². The minimum absolute atomic E-state index is 0.160. The fourth-order valence-electron chi connectivity index (χ4n) is 6.32. The Kier molecular flexibility index (Phi) is 7.27. The van der Waals surface area contributed by atoms with E-state index in [1.165, 1.54) is 42.5 Å². The molecule has 202 valence electrons. The van der Waals surface area contributed by atoms with Gasteiger partial charge >= 0.3 is 6.09 Å². The van der Waals surface area contributed by atoms with Gasteiger partial charge in [0, 0.05) is 67.3 Å². The van der Waals surface area contributed by atoms with Crippen LogP contribution in [0, 0.1) is 0 Å². The Bertz CT molecular complexity index is 1090. The van der Waals surface area contributed by atoms with Gasteiger partial charge in [0.05, 0.1) is 5.69 Å². The first-order valence-corrected chi connectivity index (χ1v) is 14.3. The van der Waals surface area contributed by atoms with Gasteiger partial charge < -0.3 is 14.5 Å². The van der Waals surface area contributed by atoms with Gasteiger partial charge in [-0.05, 0) is 91.8 Å². The molecule has 0 atom stereocenters. The molecule has 0 saturated carbocycles. The molecule has 0 radical (unpaired) electrons. The van der Waals surface area contributed by atoms with Gasteiger partial charge in [0.2, 0.25) is 0 Å². The predicted molar refractivity (Wildman–Crippen MR) is 149 cm³/mol. The summed E-state index contributed by atoms with van der Waals surface area (Å²) in [5, 5.41) is 5.09. The lowest BCUT2D eigenvalue weighted by molar-refractivity contribution is 0.00167. The second-order valence-electron chi connectivity index (χ2n) is 12.5. The summed E-state index contributed by atoms with van der Waals surface area (Å²) in [4.78, 5) is 19.7. The van der Waals surface area contributed by atoms with Crippen LogP contribution in [-0.2, 0) is 11.3 Å². The van der Waals surface area contributed by atoms with E-state index in [1.807, 2.05) is 25.7 Å². The van der Waals surface area contributed by atoms with Gasteiger partial charge in [0.15, 0.2) is 0 Å². The number of carbonyl (C=O) groups is 1. The van der Waals surface area contributed by atoms with Gasteiger partial charge in [-0.25, -0.2) is 4.79 Å². The van der Waals surface area contributed by atoms with Crippen molar-refractivity contribution < 1.29 is 9.53 Å². The Morgan fingerprint density at radius 1 is 1.03 bits per heavy atom. The molecule has 3 aliphatic rings. The first kappa shape index (κ1) is 26.1. The summed E-state index contributed by atoms with van der Waals surface area (Å²) in [6.07, 6.45) is 9.07. The quantitative estimate of drug-likeness (QED) is 0.490. The van der Waals surface area contributed by atoms with Crippen molar-refractivity contribution in [1.29, 1.82) is 0 Å². The molecule has 0 bridgehead atoms. The monoisotopic (exact) mass is 507 g/mol. The largest absolute Gasteiger partial charge is 0.444 e. The van der Waals surface area contributed by atoms with Gasteiger partial charge in [-0.3, -0.25) is 9.58 Å². The van der Waals surface area contributed by atoms with Crippen LogP contribution in [0.5, 0.6) is 0 Å². The lowest BCUT2D eigenvalue weighted by Gasteiger charge is -2.45. The molecular formula is C30H45N5O2. The summed E-state index contributed by atoms with van der Waals surface area (Å²) in [6.45, 7) is 16.0. The topological polar surface area (TPSA) is 53.8 Å². The summed E-state index contributed by atoms with van der Waals surface area (Å²) < 4.78 is 7.77. The van der Waals surface area contributed by atoms with E-state index < -0.39 is 5.60 Å². The van der Waals surface area contributed by atoms with Crippen molar-refractivity contribution >= 4 is 11.8 Å². The molecule has 5 rings (SSSR count). The number of nitrogens with zero attached hydrogens (tertiary/aromatic N) is 5. The number of likely N-dealkylation sites (tertiary alicyclic amines) is 2. The SMILES string of the molecule is CC(C)n1cc(CN2CCCC23CCN(C(=O)OC(C)(C)C)CC3)c(-c2cccc(N3CCCC3)c2)n1. The number of benzene rings is 1. The maximum absolute atomic E-state index is 12.7. The first-order valence-electron chi connectivity index (χ1n) is 14.3. The van der Waals surface area contributed by atoms with E-state index in [4.69, 9.17) is 9.84 Å². The summed E-state index contributed by atoms with van der Waals surface area (Å²) >= 11 is 0. The molecule has 3 aliphatic heterocycles. The van der Waals surface area contributed by atoms with Crippen molar-refractivity contribution in [2.24, 2.45) is 0 Å². The van der Waals surface area contributed by atoms with Crippen LogP contribution in [0.3, 0.4) is 0 Å². The number of amides is 1. The number of ether oxygens (including phenoxy) is 1. The van der Waals surface area contributed by atoms with Crippen molar-refractivity contribution in [3.8, 4) is 11.3 Å². The fraction of sp³-hybridized carbons (Fsp3) is 0.667. The second-order valence-corrected chi connectivity index (χ2v) is 12.5. The molecule has 0 unspecified atom stereocenters. The Balaban J connectivity index is 1.35. The van der Waals surface area contributed by atoms with Gasteiger partial charge in [-0.1, -0.05) is 12.1 Å². The van der Waals surface area contributed by atoms with Gasteiger partial charge in [0.25, 0.3) is 0 Å². The zero-order valence-corrected chi connectivity index (χ0v) is 23.5. The molecular weight excluding hydrogens is 462 g/mol. The molecule has 0 aliphatic carbocycles. The van der Waals surface area contributed by atoms with E-state index in [0.717, 1.165) is 57.8 Å². The van der Waals surface area contributed by atoms with E-state index in [9.17, 15) is 4.79 Å². The fourth-order valence-corrected chi connectivity index (χ4v) is 6.32. The van der Waals surface area contributed by atoms with Crippen molar-refractivity contribution in [3.05, 3.63) is 36.0 Å². The van der Waals surface area contributed by atoms with E-state index in [-0.39, 0.29) is 11.6 Å². The predicted octanol–water partition coefficient (Wildman–Crippen LogP) is 6.10. The standard InChI is InChI=1S/C30H45N5O2/c1-23(2)35-22-25(27(31-35)24-10-8-11-26(20-24)32-15-6-7-16-32)21-34-17-9-12-30(34)13-18-33(19-14-30)28(36)37-29(3,4)5/h8,10-11,20,22-23H,6-7,9,12-19,21H2,1-5H3. The highest BCUT2D eigenvalue weighted by atomic mass is 16.6. The average molecular weight is 508 g/mol. The molecule has 0 N–H and O–H groups in total. The minimum atomic E-state index is -0.454. The average Bonchev–Trinajstić information content (AvgIpc) is 3.60. The van der Waals surface area contributed by atoms with Crippen molar-refractivity contribution in [2.45, 2.75) is 96.9 Å². The molecule has 4 heterocycles. The molecule has 37 heavy (non-hydrogen) atoms. The number of rotatable bonds is 5. The lowest BCUT2D eigenvalue weighted by atomic mass is 9.84. The van der Waals surface area contributed by atoms with Gasteiger partial charge in [-0.2, -0.15) is 5.10 Å². The second kappa shape index (κ2) is 10.3. The lowest BCUT2D eigenvalue weighted by Crippen LogP contribution is -2.53. The summed E-state index contributed by atoms with van der Waals surface area (Å²) in [5.41, 5.74) is 4.66. The van der Waals surface area contributed by atoms with Crippen LogP contribution in [0.2, 0.25) is 0 Å².